The lowest BCUT2D eigenvalue weighted by Crippen LogP contribution is -2.25. The van der Waals surface area contributed by atoms with Gasteiger partial charge in [0.05, 0.1) is 24.0 Å². The molecule has 0 unspecified atom stereocenters. The number of carbonyl (C=O) groups is 1. The molecule has 0 fully saturated rings. The SMILES string of the molecule is O=C(O)CCn1c(=O)n(Cc2cccc3cccc(Br)c23)c2ccccc21. The van der Waals surface area contributed by atoms with E-state index in [-0.39, 0.29) is 18.7 Å². The summed E-state index contributed by atoms with van der Waals surface area (Å²) in [7, 11) is 0. The van der Waals surface area contributed by atoms with Crippen LogP contribution >= 0.6 is 15.9 Å². The molecule has 3 aromatic carbocycles. The van der Waals surface area contributed by atoms with Crippen LogP contribution in [0.15, 0.2) is 69.9 Å². The second kappa shape index (κ2) is 7.04. The number of hydrogen-bond acceptors (Lipinski definition) is 2. The van der Waals surface area contributed by atoms with E-state index in [1.165, 1.54) is 0 Å². The molecule has 1 aromatic heterocycles. The number of aryl methyl sites for hydroxylation is 1. The lowest BCUT2D eigenvalue weighted by Gasteiger charge is -2.09. The van der Waals surface area contributed by atoms with Gasteiger partial charge in [-0.2, -0.15) is 0 Å². The van der Waals surface area contributed by atoms with Crippen molar-refractivity contribution >= 4 is 43.7 Å². The van der Waals surface area contributed by atoms with Crippen LogP contribution in [0.25, 0.3) is 21.8 Å². The number of halogens is 1. The predicted molar refractivity (Wildman–Crippen MR) is 109 cm³/mol. The van der Waals surface area contributed by atoms with Gasteiger partial charge in [0.1, 0.15) is 0 Å². The zero-order valence-corrected chi connectivity index (χ0v) is 16.0. The first-order chi connectivity index (χ1) is 13.1. The van der Waals surface area contributed by atoms with E-state index in [9.17, 15) is 9.59 Å². The Bertz CT molecular complexity index is 1220. The van der Waals surface area contributed by atoms with E-state index in [1.54, 1.807) is 9.13 Å². The number of nitrogens with zero attached hydrogens (tertiary/aromatic N) is 2. The number of aromatic nitrogens is 2. The second-order valence-electron chi connectivity index (χ2n) is 6.41. The first-order valence-corrected chi connectivity index (χ1v) is 9.41. The molecule has 4 aromatic rings. The fourth-order valence-electron chi connectivity index (χ4n) is 3.52. The number of fused-ring (bicyclic) bond motifs is 2. The van der Waals surface area contributed by atoms with Gasteiger partial charge < -0.3 is 5.11 Å². The summed E-state index contributed by atoms with van der Waals surface area (Å²) in [6, 6.07) is 19.6. The molecule has 0 atom stereocenters. The maximum absolute atomic E-state index is 13.0. The maximum Gasteiger partial charge on any atom is 0.329 e. The molecule has 0 saturated carbocycles. The van der Waals surface area contributed by atoms with Gasteiger partial charge in [-0.15, -0.1) is 0 Å². The smallest absolute Gasteiger partial charge is 0.329 e. The number of para-hydroxylation sites is 2. The van der Waals surface area contributed by atoms with Crippen LogP contribution in [-0.4, -0.2) is 20.2 Å². The van der Waals surface area contributed by atoms with Crippen LogP contribution in [0.2, 0.25) is 0 Å². The minimum Gasteiger partial charge on any atom is -0.481 e. The first kappa shape index (κ1) is 17.5. The van der Waals surface area contributed by atoms with Crippen LogP contribution in [0.4, 0.5) is 0 Å². The van der Waals surface area contributed by atoms with Crippen LogP contribution < -0.4 is 5.69 Å². The van der Waals surface area contributed by atoms with E-state index in [2.05, 4.69) is 15.9 Å². The summed E-state index contributed by atoms with van der Waals surface area (Å²) in [5.41, 5.74) is 2.39. The van der Waals surface area contributed by atoms with E-state index in [0.717, 1.165) is 31.8 Å². The number of hydrogen-bond donors (Lipinski definition) is 1. The normalized spacial score (nSPS) is 11.3. The first-order valence-electron chi connectivity index (χ1n) is 8.62. The topological polar surface area (TPSA) is 64.2 Å². The highest BCUT2D eigenvalue weighted by atomic mass is 79.9. The molecule has 0 aliphatic carbocycles. The summed E-state index contributed by atoms with van der Waals surface area (Å²) in [6.45, 7) is 0.570. The number of aliphatic carboxylic acids is 1. The van der Waals surface area contributed by atoms with Crippen LogP contribution in [0, 0.1) is 0 Å². The Morgan fingerprint density at radius 1 is 0.926 bits per heavy atom. The quantitative estimate of drug-likeness (QED) is 0.520. The molecular weight excluding hydrogens is 408 g/mol. The number of carboxylic acids is 1. The largest absolute Gasteiger partial charge is 0.481 e. The molecule has 0 radical (unpaired) electrons. The Hall–Kier alpha value is -2.86. The van der Waals surface area contributed by atoms with Crippen molar-refractivity contribution < 1.29 is 9.90 Å². The molecular formula is C21H17BrN2O3. The van der Waals surface area contributed by atoms with Crippen molar-refractivity contribution in [1.82, 2.24) is 9.13 Å². The van der Waals surface area contributed by atoms with Crippen molar-refractivity contribution in [2.75, 3.05) is 0 Å². The van der Waals surface area contributed by atoms with Gasteiger partial charge in [0.25, 0.3) is 0 Å². The molecule has 0 saturated heterocycles. The minimum atomic E-state index is -0.920. The summed E-state index contributed by atoms with van der Waals surface area (Å²) in [5.74, 6) is -0.920. The van der Waals surface area contributed by atoms with Crippen molar-refractivity contribution in [2.24, 2.45) is 0 Å². The van der Waals surface area contributed by atoms with Crippen LogP contribution in [-0.2, 0) is 17.9 Å². The van der Waals surface area contributed by atoms with E-state index < -0.39 is 5.97 Å². The summed E-state index contributed by atoms with van der Waals surface area (Å²) in [4.78, 5) is 24.0. The van der Waals surface area contributed by atoms with Gasteiger partial charge in [-0.05, 0) is 29.1 Å². The zero-order valence-electron chi connectivity index (χ0n) is 14.4. The van der Waals surface area contributed by atoms with E-state index in [1.807, 2.05) is 60.7 Å². The molecule has 0 amide bonds. The third-order valence-corrected chi connectivity index (χ3v) is 5.40. The van der Waals surface area contributed by atoms with Crippen molar-refractivity contribution in [3.8, 4) is 0 Å². The molecule has 0 bridgehead atoms. The van der Waals surface area contributed by atoms with Crippen molar-refractivity contribution in [1.29, 1.82) is 0 Å². The van der Waals surface area contributed by atoms with Gasteiger partial charge >= 0.3 is 11.7 Å². The van der Waals surface area contributed by atoms with Crippen molar-refractivity contribution in [3.63, 3.8) is 0 Å². The molecule has 0 aliphatic heterocycles. The maximum atomic E-state index is 13.0. The van der Waals surface area contributed by atoms with Crippen LogP contribution in [0.5, 0.6) is 0 Å². The molecule has 6 heteroatoms. The van der Waals surface area contributed by atoms with E-state index >= 15 is 0 Å². The Kier molecular flexibility index (Phi) is 4.58. The zero-order chi connectivity index (χ0) is 19.0. The minimum absolute atomic E-state index is 0.0896. The summed E-state index contributed by atoms with van der Waals surface area (Å²) < 4.78 is 4.24. The lowest BCUT2D eigenvalue weighted by atomic mass is 10.0. The van der Waals surface area contributed by atoms with Gasteiger partial charge in [-0.1, -0.05) is 58.4 Å². The van der Waals surface area contributed by atoms with E-state index in [0.29, 0.717) is 6.54 Å². The molecule has 1 heterocycles. The molecule has 136 valence electrons. The lowest BCUT2D eigenvalue weighted by molar-refractivity contribution is -0.137. The van der Waals surface area contributed by atoms with Gasteiger partial charge in [0, 0.05) is 16.4 Å². The third kappa shape index (κ3) is 3.17. The standard InChI is InChI=1S/C21H17BrN2O3/c22-16-8-4-6-14-5-3-7-15(20(14)16)13-24-18-10-2-1-9-17(18)23(21(24)27)12-11-19(25)26/h1-10H,11-13H2,(H,25,26). The molecule has 0 spiro atoms. The van der Waals surface area contributed by atoms with Gasteiger partial charge in [-0.3, -0.25) is 13.9 Å². The Balaban J connectivity index is 1.87. The second-order valence-corrected chi connectivity index (χ2v) is 7.26. The average Bonchev–Trinajstić information content (AvgIpc) is 2.92. The summed E-state index contributed by atoms with van der Waals surface area (Å²) in [6.07, 6.45) is -0.0896. The number of imidazole rings is 1. The predicted octanol–water partition coefficient (Wildman–Crippen LogP) is 4.24. The highest BCUT2D eigenvalue weighted by Gasteiger charge is 2.15. The Morgan fingerprint density at radius 2 is 1.59 bits per heavy atom. The number of benzene rings is 3. The Labute approximate surface area is 163 Å². The highest BCUT2D eigenvalue weighted by molar-refractivity contribution is 9.10. The summed E-state index contributed by atoms with van der Waals surface area (Å²) >= 11 is 3.62. The van der Waals surface area contributed by atoms with Crippen LogP contribution in [0.3, 0.4) is 0 Å². The van der Waals surface area contributed by atoms with Crippen LogP contribution in [0.1, 0.15) is 12.0 Å². The fraction of sp³-hybridized carbons (Fsp3) is 0.143. The molecule has 4 rings (SSSR count). The molecule has 27 heavy (non-hydrogen) atoms. The third-order valence-electron chi connectivity index (χ3n) is 4.74. The number of carboxylic acid groups (broad SMARTS) is 1. The van der Waals surface area contributed by atoms with Crippen molar-refractivity contribution in [2.45, 2.75) is 19.5 Å². The monoisotopic (exact) mass is 424 g/mol. The Morgan fingerprint density at radius 3 is 2.30 bits per heavy atom. The number of rotatable bonds is 5. The summed E-state index contributed by atoms with van der Waals surface area (Å²) in [5, 5.41) is 11.2. The molecule has 1 N–H and O–H groups in total. The molecule has 5 nitrogen and oxygen atoms in total. The van der Waals surface area contributed by atoms with Crippen molar-refractivity contribution in [3.05, 3.63) is 81.2 Å². The fourth-order valence-corrected chi connectivity index (χ4v) is 4.16. The van der Waals surface area contributed by atoms with Gasteiger partial charge in [-0.25, -0.2) is 4.79 Å². The highest BCUT2D eigenvalue weighted by Crippen LogP contribution is 2.28. The van der Waals surface area contributed by atoms with Gasteiger partial charge in [0.2, 0.25) is 0 Å². The van der Waals surface area contributed by atoms with E-state index in [4.69, 9.17) is 5.11 Å². The van der Waals surface area contributed by atoms with Gasteiger partial charge in [0.15, 0.2) is 0 Å². The molecule has 0 aliphatic rings. The average molecular weight is 425 g/mol.